The fraction of sp³-hybridized carbons (Fsp3) is 0.300. The van der Waals surface area contributed by atoms with Crippen molar-refractivity contribution in [3.63, 3.8) is 0 Å². The van der Waals surface area contributed by atoms with Crippen LogP contribution in [0.5, 0.6) is 0 Å². The fourth-order valence-electron chi connectivity index (χ4n) is 1.65. The van der Waals surface area contributed by atoms with Gasteiger partial charge < -0.3 is 10.6 Å². The average molecular weight is 272 g/mol. The fourth-order valence-corrected chi connectivity index (χ4v) is 2.03. The van der Waals surface area contributed by atoms with Gasteiger partial charge in [-0.2, -0.15) is 0 Å². The number of aliphatic imine (C=N–C) groups is 1. The molecular formula is C10H11BrFN3. The van der Waals surface area contributed by atoms with Crippen molar-refractivity contribution < 1.29 is 4.39 Å². The highest BCUT2D eigenvalue weighted by atomic mass is 79.9. The third kappa shape index (κ3) is 1.84. The molecule has 0 spiro atoms. The molecule has 0 radical (unpaired) electrons. The first kappa shape index (κ1) is 10.4. The first-order chi connectivity index (χ1) is 7.09. The average Bonchev–Trinajstić information content (AvgIpc) is 2.52. The number of likely N-dealkylation sites (N-methyl/N-ethyl adjacent to an activating group) is 1. The van der Waals surface area contributed by atoms with Crippen molar-refractivity contribution in [2.24, 2.45) is 10.7 Å². The Kier molecular flexibility index (Phi) is 2.65. The number of nitrogens with two attached hydrogens (primary N) is 1. The van der Waals surface area contributed by atoms with Crippen molar-refractivity contribution in [1.82, 2.24) is 4.90 Å². The van der Waals surface area contributed by atoms with Crippen LogP contribution in [0.1, 0.15) is 11.6 Å². The van der Waals surface area contributed by atoms with Crippen LogP contribution in [0, 0.1) is 5.82 Å². The van der Waals surface area contributed by atoms with Crippen LogP contribution in [-0.4, -0.2) is 24.5 Å². The number of nitrogens with zero attached hydrogens (tertiary/aromatic N) is 2. The maximum absolute atomic E-state index is 13.6. The molecule has 15 heavy (non-hydrogen) atoms. The van der Waals surface area contributed by atoms with Gasteiger partial charge in [0.2, 0.25) is 0 Å². The zero-order chi connectivity index (χ0) is 11.0. The molecule has 2 rings (SSSR count). The molecule has 0 saturated heterocycles. The Morgan fingerprint density at radius 2 is 2.33 bits per heavy atom. The predicted octanol–water partition coefficient (Wildman–Crippen LogP) is 1.89. The van der Waals surface area contributed by atoms with E-state index in [-0.39, 0.29) is 11.9 Å². The van der Waals surface area contributed by atoms with E-state index in [1.54, 1.807) is 17.0 Å². The van der Waals surface area contributed by atoms with Gasteiger partial charge in [0.1, 0.15) is 5.82 Å². The summed E-state index contributed by atoms with van der Waals surface area (Å²) in [6, 6.07) is 4.80. The summed E-state index contributed by atoms with van der Waals surface area (Å²) in [6.45, 7) is 0.510. The molecule has 0 fully saturated rings. The van der Waals surface area contributed by atoms with Gasteiger partial charge in [0.05, 0.1) is 12.6 Å². The van der Waals surface area contributed by atoms with E-state index in [2.05, 4.69) is 20.9 Å². The molecule has 80 valence electrons. The number of hydrogen-bond donors (Lipinski definition) is 1. The first-order valence-corrected chi connectivity index (χ1v) is 5.36. The molecule has 0 saturated carbocycles. The Morgan fingerprint density at radius 3 is 2.93 bits per heavy atom. The van der Waals surface area contributed by atoms with Crippen LogP contribution in [0.3, 0.4) is 0 Å². The third-order valence-corrected chi connectivity index (χ3v) is 3.07. The van der Waals surface area contributed by atoms with Crippen LogP contribution in [0.4, 0.5) is 4.39 Å². The summed E-state index contributed by atoms with van der Waals surface area (Å²) < 4.78 is 14.4. The van der Waals surface area contributed by atoms with Crippen LogP contribution < -0.4 is 5.73 Å². The molecule has 0 aromatic heterocycles. The van der Waals surface area contributed by atoms with Crippen molar-refractivity contribution in [3.05, 3.63) is 34.1 Å². The molecule has 1 heterocycles. The van der Waals surface area contributed by atoms with E-state index in [1.807, 2.05) is 7.05 Å². The number of benzene rings is 1. The van der Waals surface area contributed by atoms with Crippen molar-refractivity contribution in [3.8, 4) is 0 Å². The molecule has 3 nitrogen and oxygen atoms in total. The molecule has 1 aliphatic heterocycles. The summed E-state index contributed by atoms with van der Waals surface area (Å²) in [5.41, 5.74) is 6.26. The van der Waals surface area contributed by atoms with Gasteiger partial charge in [-0.05, 0) is 18.2 Å². The Balaban J connectivity index is 2.35. The second-order valence-electron chi connectivity index (χ2n) is 3.49. The lowest BCUT2D eigenvalue weighted by molar-refractivity contribution is 0.399. The van der Waals surface area contributed by atoms with Crippen LogP contribution in [0.2, 0.25) is 0 Å². The molecule has 1 aromatic rings. The molecule has 1 aromatic carbocycles. The molecule has 5 heteroatoms. The van der Waals surface area contributed by atoms with E-state index in [0.29, 0.717) is 18.1 Å². The number of guanidine groups is 1. The first-order valence-electron chi connectivity index (χ1n) is 4.57. The summed E-state index contributed by atoms with van der Waals surface area (Å²) in [5, 5.41) is 0. The quantitative estimate of drug-likeness (QED) is 0.848. The van der Waals surface area contributed by atoms with Gasteiger partial charge in [-0.15, -0.1) is 0 Å². The Bertz CT molecular complexity index is 419. The minimum absolute atomic E-state index is 0.0949. The minimum Gasteiger partial charge on any atom is -0.370 e. The van der Waals surface area contributed by atoms with Gasteiger partial charge in [-0.3, -0.25) is 4.99 Å². The van der Waals surface area contributed by atoms with Gasteiger partial charge in [-0.1, -0.05) is 15.9 Å². The van der Waals surface area contributed by atoms with Gasteiger partial charge >= 0.3 is 0 Å². The second-order valence-corrected chi connectivity index (χ2v) is 4.41. The van der Waals surface area contributed by atoms with Crippen molar-refractivity contribution in [1.29, 1.82) is 0 Å². The highest BCUT2D eigenvalue weighted by Crippen LogP contribution is 2.28. The monoisotopic (exact) mass is 271 g/mol. The largest absolute Gasteiger partial charge is 0.370 e. The predicted molar refractivity (Wildman–Crippen MR) is 61.1 cm³/mol. The standard InChI is InChI=1S/C10H11BrFN3/c1-15-9(5-14-10(15)13)7-4-6(11)2-3-8(7)12/h2-4,9H,5H2,1H3,(H2,13,14). The number of hydrogen-bond acceptors (Lipinski definition) is 3. The minimum atomic E-state index is -0.222. The molecule has 0 amide bonds. The molecular weight excluding hydrogens is 261 g/mol. The van der Waals surface area contributed by atoms with Gasteiger partial charge in [0.15, 0.2) is 5.96 Å². The lowest BCUT2D eigenvalue weighted by Gasteiger charge is -2.22. The molecule has 2 N–H and O–H groups in total. The second kappa shape index (κ2) is 3.81. The van der Waals surface area contributed by atoms with Crippen molar-refractivity contribution in [2.45, 2.75) is 6.04 Å². The van der Waals surface area contributed by atoms with Gasteiger partial charge in [-0.25, -0.2) is 4.39 Å². The van der Waals surface area contributed by atoms with E-state index < -0.39 is 0 Å². The highest BCUT2D eigenvalue weighted by Gasteiger charge is 2.26. The van der Waals surface area contributed by atoms with Crippen molar-refractivity contribution >= 4 is 21.9 Å². The maximum atomic E-state index is 13.6. The van der Waals surface area contributed by atoms with Crippen LogP contribution in [-0.2, 0) is 0 Å². The number of halogens is 2. The lowest BCUT2D eigenvalue weighted by atomic mass is 10.1. The number of rotatable bonds is 1. The SMILES string of the molecule is CN1C(N)=NCC1c1cc(Br)ccc1F. The summed E-state index contributed by atoms with van der Waals surface area (Å²) in [6.07, 6.45) is 0. The van der Waals surface area contributed by atoms with E-state index in [9.17, 15) is 4.39 Å². The van der Waals surface area contributed by atoms with E-state index >= 15 is 0 Å². The van der Waals surface area contributed by atoms with E-state index in [4.69, 9.17) is 5.73 Å². The summed E-state index contributed by atoms with van der Waals surface area (Å²) in [4.78, 5) is 5.87. The zero-order valence-electron chi connectivity index (χ0n) is 8.24. The van der Waals surface area contributed by atoms with Crippen LogP contribution in [0.15, 0.2) is 27.7 Å². The van der Waals surface area contributed by atoms with Crippen LogP contribution in [0.25, 0.3) is 0 Å². The molecule has 0 aliphatic carbocycles. The van der Waals surface area contributed by atoms with E-state index in [1.165, 1.54) is 6.07 Å². The zero-order valence-corrected chi connectivity index (χ0v) is 9.83. The lowest BCUT2D eigenvalue weighted by Crippen LogP contribution is -2.32. The Morgan fingerprint density at radius 1 is 1.60 bits per heavy atom. The Hall–Kier alpha value is -1.10. The molecule has 1 unspecified atom stereocenters. The topological polar surface area (TPSA) is 41.6 Å². The summed E-state index contributed by atoms with van der Waals surface area (Å²) >= 11 is 3.32. The van der Waals surface area contributed by atoms with Gasteiger partial charge in [0, 0.05) is 17.1 Å². The third-order valence-electron chi connectivity index (χ3n) is 2.57. The maximum Gasteiger partial charge on any atom is 0.191 e. The summed E-state index contributed by atoms with van der Waals surface area (Å²) in [5.74, 6) is 0.235. The highest BCUT2D eigenvalue weighted by molar-refractivity contribution is 9.10. The molecule has 1 aliphatic rings. The van der Waals surface area contributed by atoms with Crippen molar-refractivity contribution in [2.75, 3.05) is 13.6 Å². The smallest absolute Gasteiger partial charge is 0.191 e. The van der Waals surface area contributed by atoms with E-state index in [0.717, 1.165) is 4.47 Å². The molecule has 0 bridgehead atoms. The van der Waals surface area contributed by atoms with Gasteiger partial charge in [0.25, 0.3) is 0 Å². The normalized spacial score (nSPS) is 20.6. The Labute approximate surface area is 95.9 Å². The molecule has 1 atom stereocenters. The van der Waals surface area contributed by atoms with Crippen LogP contribution >= 0.6 is 15.9 Å². The summed E-state index contributed by atoms with van der Waals surface area (Å²) in [7, 11) is 1.82.